The van der Waals surface area contributed by atoms with E-state index in [1.54, 1.807) is 17.4 Å². The number of hydrogen-bond donors (Lipinski definition) is 0. The van der Waals surface area contributed by atoms with E-state index in [1.807, 2.05) is 28.5 Å². The lowest BCUT2D eigenvalue weighted by Crippen LogP contribution is -2.46. The maximum absolute atomic E-state index is 11.8. The second-order valence-corrected chi connectivity index (χ2v) is 4.96. The van der Waals surface area contributed by atoms with E-state index in [-0.39, 0.29) is 18.3 Å². The van der Waals surface area contributed by atoms with Crippen LogP contribution in [0.4, 0.5) is 0 Å². The molecule has 1 aliphatic rings. The van der Waals surface area contributed by atoms with E-state index in [9.17, 15) is 4.79 Å². The molecule has 2 heterocycles. The van der Waals surface area contributed by atoms with Gasteiger partial charge < -0.3 is 9.80 Å². The number of carbonyl (C=O) groups is 1. The fraction of sp³-hybridized carbons (Fsp3) is 0.417. The molecule has 1 saturated heterocycles. The van der Waals surface area contributed by atoms with Crippen molar-refractivity contribution < 1.29 is 4.79 Å². The molecule has 3 nitrogen and oxygen atoms in total. The fourth-order valence-electron chi connectivity index (χ4n) is 1.67. The molecule has 0 bridgehead atoms. The third kappa shape index (κ3) is 4.15. The summed E-state index contributed by atoms with van der Waals surface area (Å²) in [4.78, 5) is 17.1. The first-order chi connectivity index (χ1) is 7.75. The van der Waals surface area contributed by atoms with Gasteiger partial charge in [0.1, 0.15) is 0 Å². The predicted octanol–water partition coefficient (Wildman–Crippen LogP) is 1.96. The monoisotopic (exact) mass is 272 g/mol. The smallest absolute Gasteiger partial charge is 0.246 e. The van der Waals surface area contributed by atoms with Crippen molar-refractivity contribution in [3.8, 4) is 0 Å². The number of halogens is 1. The Labute approximate surface area is 112 Å². The number of likely N-dealkylation sites (N-methyl/N-ethyl adjacent to an activating group) is 1. The van der Waals surface area contributed by atoms with Gasteiger partial charge >= 0.3 is 0 Å². The minimum atomic E-state index is 0. The van der Waals surface area contributed by atoms with Crippen LogP contribution in [0.15, 0.2) is 23.6 Å². The van der Waals surface area contributed by atoms with Crippen LogP contribution in [0.25, 0.3) is 6.08 Å². The molecular formula is C12H17ClN2OS. The van der Waals surface area contributed by atoms with E-state index in [4.69, 9.17) is 0 Å². The van der Waals surface area contributed by atoms with Gasteiger partial charge in [-0.2, -0.15) is 0 Å². The van der Waals surface area contributed by atoms with Crippen molar-refractivity contribution in [2.45, 2.75) is 0 Å². The first kappa shape index (κ1) is 14.2. The molecule has 2 rings (SSSR count). The molecule has 0 aromatic carbocycles. The predicted molar refractivity (Wildman–Crippen MR) is 74.7 cm³/mol. The average molecular weight is 273 g/mol. The zero-order valence-corrected chi connectivity index (χ0v) is 11.5. The highest BCUT2D eigenvalue weighted by Crippen LogP contribution is 2.10. The van der Waals surface area contributed by atoms with Crippen molar-refractivity contribution in [1.29, 1.82) is 0 Å². The first-order valence-electron chi connectivity index (χ1n) is 5.45. The fourth-order valence-corrected chi connectivity index (χ4v) is 2.29. The lowest BCUT2D eigenvalue weighted by atomic mass is 10.3. The Morgan fingerprint density at radius 2 is 2.06 bits per heavy atom. The van der Waals surface area contributed by atoms with Crippen LogP contribution in [0.3, 0.4) is 0 Å². The van der Waals surface area contributed by atoms with Crippen molar-refractivity contribution in [2.75, 3.05) is 33.2 Å². The van der Waals surface area contributed by atoms with Gasteiger partial charge in [0.2, 0.25) is 5.91 Å². The molecule has 0 aliphatic carbocycles. The minimum absolute atomic E-state index is 0. The number of thiophene rings is 1. The van der Waals surface area contributed by atoms with Crippen LogP contribution in [-0.4, -0.2) is 48.9 Å². The molecule has 0 spiro atoms. The third-order valence-electron chi connectivity index (χ3n) is 2.75. The van der Waals surface area contributed by atoms with Crippen molar-refractivity contribution in [3.05, 3.63) is 28.5 Å². The summed E-state index contributed by atoms with van der Waals surface area (Å²) in [6.45, 7) is 3.62. The van der Waals surface area contributed by atoms with Crippen LogP contribution in [0.1, 0.15) is 4.88 Å². The number of piperazine rings is 1. The molecule has 0 unspecified atom stereocenters. The Bertz CT molecular complexity index is 370. The second kappa shape index (κ2) is 6.79. The molecule has 0 N–H and O–H groups in total. The molecule has 17 heavy (non-hydrogen) atoms. The molecule has 0 saturated carbocycles. The van der Waals surface area contributed by atoms with Gasteiger partial charge in [0.05, 0.1) is 0 Å². The van der Waals surface area contributed by atoms with Crippen molar-refractivity contribution in [1.82, 2.24) is 9.80 Å². The normalized spacial score (nSPS) is 17.1. The molecule has 0 atom stereocenters. The largest absolute Gasteiger partial charge is 0.337 e. The molecule has 1 aliphatic heterocycles. The molecule has 1 amide bonds. The highest BCUT2D eigenvalue weighted by molar-refractivity contribution is 7.10. The van der Waals surface area contributed by atoms with Crippen LogP contribution in [0.5, 0.6) is 0 Å². The van der Waals surface area contributed by atoms with Crippen molar-refractivity contribution >= 4 is 35.7 Å². The average Bonchev–Trinajstić information content (AvgIpc) is 2.80. The standard InChI is InChI=1S/C12H16N2OS.ClH/c1-13-6-8-14(9-7-13)12(15)5-4-11-3-2-10-16-11;/h2-5,10H,6-9H2,1H3;1H. The highest BCUT2D eigenvalue weighted by atomic mass is 35.5. The molecule has 94 valence electrons. The number of hydrogen-bond acceptors (Lipinski definition) is 3. The number of carbonyl (C=O) groups excluding carboxylic acids is 1. The number of nitrogens with zero attached hydrogens (tertiary/aromatic N) is 2. The zero-order valence-electron chi connectivity index (χ0n) is 9.83. The lowest BCUT2D eigenvalue weighted by Gasteiger charge is -2.31. The van der Waals surface area contributed by atoms with E-state index in [0.29, 0.717) is 0 Å². The van der Waals surface area contributed by atoms with E-state index in [1.165, 1.54) is 0 Å². The Balaban J connectivity index is 0.00000144. The van der Waals surface area contributed by atoms with Crippen molar-refractivity contribution in [2.24, 2.45) is 0 Å². The van der Waals surface area contributed by atoms with E-state index in [2.05, 4.69) is 11.9 Å². The maximum atomic E-state index is 11.8. The number of amides is 1. The van der Waals surface area contributed by atoms with Crippen LogP contribution in [0.2, 0.25) is 0 Å². The first-order valence-corrected chi connectivity index (χ1v) is 6.33. The molecular weight excluding hydrogens is 256 g/mol. The van der Waals surface area contributed by atoms with Gasteiger partial charge in [-0.3, -0.25) is 4.79 Å². The van der Waals surface area contributed by atoms with Crippen LogP contribution < -0.4 is 0 Å². The van der Waals surface area contributed by atoms with Gasteiger partial charge in [0.15, 0.2) is 0 Å². The molecule has 1 aromatic heterocycles. The summed E-state index contributed by atoms with van der Waals surface area (Å²) in [7, 11) is 2.09. The van der Waals surface area contributed by atoms with Crippen LogP contribution in [0, 0.1) is 0 Å². The SMILES string of the molecule is CN1CCN(C(=O)C=Cc2cccs2)CC1.Cl. The van der Waals surface area contributed by atoms with E-state index >= 15 is 0 Å². The molecule has 1 aromatic rings. The van der Waals surface area contributed by atoms with E-state index < -0.39 is 0 Å². The van der Waals surface area contributed by atoms with Crippen LogP contribution in [-0.2, 0) is 4.79 Å². The third-order valence-corrected chi connectivity index (χ3v) is 3.59. The molecule has 1 fully saturated rings. The quantitative estimate of drug-likeness (QED) is 0.769. The van der Waals surface area contributed by atoms with Gasteiger partial charge in [-0.15, -0.1) is 23.7 Å². The van der Waals surface area contributed by atoms with Gasteiger partial charge in [0, 0.05) is 37.1 Å². The summed E-state index contributed by atoms with van der Waals surface area (Å²) < 4.78 is 0. The summed E-state index contributed by atoms with van der Waals surface area (Å²) in [6, 6.07) is 4.00. The van der Waals surface area contributed by atoms with Crippen molar-refractivity contribution in [3.63, 3.8) is 0 Å². The van der Waals surface area contributed by atoms with Gasteiger partial charge in [-0.25, -0.2) is 0 Å². The second-order valence-electron chi connectivity index (χ2n) is 3.98. The lowest BCUT2D eigenvalue weighted by molar-refractivity contribution is -0.127. The van der Waals surface area contributed by atoms with Gasteiger partial charge in [-0.1, -0.05) is 6.07 Å². The Morgan fingerprint density at radius 1 is 1.35 bits per heavy atom. The van der Waals surface area contributed by atoms with Gasteiger partial charge in [0.25, 0.3) is 0 Å². The topological polar surface area (TPSA) is 23.6 Å². The maximum Gasteiger partial charge on any atom is 0.246 e. The Morgan fingerprint density at radius 3 is 2.65 bits per heavy atom. The minimum Gasteiger partial charge on any atom is -0.337 e. The summed E-state index contributed by atoms with van der Waals surface area (Å²) >= 11 is 1.65. The summed E-state index contributed by atoms with van der Waals surface area (Å²) in [6.07, 6.45) is 3.57. The number of rotatable bonds is 2. The van der Waals surface area contributed by atoms with Crippen LogP contribution >= 0.6 is 23.7 Å². The van der Waals surface area contributed by atoms with E-state index in [0.717, 1.165) is 31.1 Å². The highest BCUT2D eigenvalue weighted by Gasteiger charge is 2.16. The Hall–Kier alpha value is -0.840. The summed E-state index contributed by atoms with van der Waals surface area (Å²) in [5, 5.41) is 2.01. The Kier molecular flexibility index (Phi) is 5.68. The zero-order chi connectivity index (χ0) is 11.4. The summed E-state index contributed by atoms with van der Waals surface area (Å²) in [5.74, 6) is 0.126. The molecule has 0 radical (unpaired) electrons. The molecule has 5 heteroatoms. The summed E-state index contributed by atoms with van der Waals surface area (Å²) in [5.41, 5.74) is 0. The van der Waals surface area contributed by atoms with Gasteiger partial charge in [-0.05, 0) is 24.6 Å².